The molecule has 2 heteroatoms. The number of aryl methyl sites for hydroxylation is 1. The zero-order chi connectivity index (χ0) is 13.9. The zero-order valence-electron chi connectivity index (χ0n) is 11.4. The molecule has 20 heavy (non-hydrogen) atoms. The minimum atomic E-state index is 0.785. The molecule has 98 valence electrons. The number of nitrogens with two attached hydrogens (primary N) is 1. The average Bonchev–Trinajstić information content (AvgIpc) is 2.48. The second-order valence-electron chi connectivity index (χ2n) is 4.87. The van der Waals surface area contributed by atoms with E-state index >= 15 is 0 Å². The Morgan fingerprint density at radius 1 is 0.950 bits per heavy atom. The van der Waals surface area contributed by atoms with Gasteiger partial charge in [0.25, 0.3) is 0 Å². The molecule has 0 fully saturated rings. The highest BCUT2D eigenvalue weighted by atomic mass is 14.6. The minimum absolute atomic E-state index is 0.785. The number of fused-ring (bicyclic) bond motifs is 1. The summed E-state index contributed by atoms with van der Waals surface area (Å²) in [6.45, 7) is 2.09. The first-order chi connectivity index (χ1) is 9.74. The normalized spacial score (nSPS) is 11.2. The fourth-order valence-corrected chi connectivity index (χ4v) is 2.27. The standard InChI is InChI=1S/C18H16N2/c1-13-12-20-18-5-3-2-4-17(18)16(13)11-8-14-6-9-15(19)10-7-14/h2-12H,19H2,1H3/b11-8+. The van der Waals surface area contributed by atoms with Crippen LogP contribution in [0.1, 0.15) is 16.7 Å². The third-order valence-corrected chi connectivity index (χ3v) is 3.40. The number of rotatable bonds is 2. The van der Waals surface area contributed by atoms with Crippen molar-refractivity contribution in [1.82, 2.24) is 4.98 Å². The maximum Gasteiger partial charge on any atom is 0.0708 e. The lowest BCUT2D eigenvalue weighted by molar-refractivity contribution is 1.32. The van der Waals surface area contributed by atoms with Crippen molar-refractivity contribution in [3.05, 3.63) is 71.4 Å². The molecule has 3 aromatic rings. The van der Waals surface area contributed by atoms with Crippen LogP contribution in [0.15, 0.2) is 54.7 Å². The Labute approximate surface area is 118 Å². The second kappa shape index (κ2) is 5.17. The lowest BCUT2D eigenvalue weighted by Gasteiger charge is -2.05. The Hall–Kier alpha value is -2.61. The van der Waals surface area contributed by atoms with Crippen molar-refractivity contribution < 1.29 is 0 Å². The summed E-state index contributed by atoms with van der Waals surface area (Å²) in [5.41, 5.74) is 11.0. The summed E-state index contributed by atoms with van der Waals surface area (Å²) in [7, 11) is 0. The van der Waals surface area contributed by atoms with Gasteiger partial charge in [0.15, 0.2) is 0 Å². The number of nitrogens with zero attached hydrogens (tertiary/aromatic N) is 1. The number of benzene rings is 2. The Kier molecular flexibility index (Phi) is 3.21. The molecular formula is C18H16N2. The predicted molar refractivity (Wildman–Crippen MR) is 86.3 cm³/mol. The molecule has 0 saturated carbocycles. The summed E-state index contributed by atoms with van der Waals surface area (Å²) in [5, 5.41) is 1.18. The molecule has 0 saturated heterocycles. The van der Waals surface area contributed by atoms with Crippen molar-refractivity contribution in [3.8, 4) is 0 Å². The van der Waals surface area contributed by atoms with E-state index in [2.05, 4.69) is 30.1 Å². The van der Waals surface area contributed by atoms with Gasteiger partial charge in [0.2, 0.25) is 0 Å². The number of anilines is 1. The fourth-order valence-electron chi connectivity index (χ4n) is 2.27. The van der Waals surface area contributed by atoms with Crippen molar-refractivity contribution in [1.29, 1.82) is 0 Å². The maximum absolute atomic E-state index is 5.70. The fraction of sp³-hybridized carbons (Fsp3) is 0.0556. The molecule has 0 aliphatic rings. The first kappa shape index (κ1) is 12.4. The highest BCUT2D eigenvalue weighted by Crippen LogP contribution is 2.22. The van der Waals surface area contributed by atoms with Gasteiger partial charge in [-0.05, 0) is 41.8 Å². The van der Waals surface area contributed by atoms with Gasteiger partial charge in [-0.15, -0.1) is 0 Å². The largest absolute Gasteiger partial charge is 0.399 e. The van der Waals surface area contributed by atoms with Crippen LogP contribution in [-0.4, -0.2) is 4.98 Å². The predicted octanol–water partition coefficient (Wildman–Crippen LogP) is 4.30. The molecule has 0 atom stereocenters. The number of para-hydroxylation sites is 1. The van der Waals surface area contributed by atoms with Gasteiger partial charge in [0.1, 0.15) is 0 Å². The van der Waals surface area contributed by atoms with Crippen LogP contribution < -0.4 is 5.73 Å². The van der Waals surface area contributed by atoms with Crippen molar-refractivity contribution in [3.63, 3.8) is 0 Å². The van der Waals surface area contributed by atoms with Crippen molar-refractivity contribution in [2.45, 2.75) is 6.92 Å². The molecule has 1 heterocycles. The SMILES string of the molecule is Cc1cnc2ccccc2c1/C=C/c1ccc(N)cc1. The molecule has 0 aliphatic carbocycles. The van der Waals surface area contributed by atoms with E-state index in [0.717, 1.165) is 16.8 Å². The monoisotopic (exact) mass is 260 g/mol. The zero-order valence-corrected chi connectivity index (χ0v) is 11.4. The lowest BCUT2D eigenvalue weighted by Crippen LogP contribution is -1.87. The Morgan fingerprint density at radius 2 is 1.70 bits per heavy atom. The molecule has 1 aromatic heterocycles. The van der Waals surface area contributed by atoms with E-state index in [1.165, 1.54) is 16.5 Å². The van der Waals surface area contributed by atoms with Crippen molar-refractivity contribution in [2.24, 2.45) is 0 Å². The third kappa shape index (κ3) is 2.41. The Morgan fingerprint density at radius 3 is 2.50 bits per heavy atom. The van der Waals surface area contributed by atoms with E-state index in [0.29, 0.717) is 0 Å². The van der Waals surface area contributed by atoms with Crippen molar-refractivity contribution in [2.75, 3.05) is 5.73 Å². The molecule has 0 amide bonds. The van der Waals surface area contributed by atoms with Gasteiger partial charge in [-0.1, -0.05) is 42.5 Å². The first-order valence-electron chi connectivity index (χ1n) is 6.62. The second-order valence-corrected chi connectivity index (χ2v) is 4.87. The Bertz CT molecular complexity index is 771. The summed E-state index contributed by atoms with van der Waals surface area (Å²) in [5.74, 6) is 0. The van der Waals surface area contributed by atoms with Crippen LogP contribution in [0.4, 0.5) is 5.69 Å². The average molecular weight is 260 g/mol. The van der Waals surface area contributed by atoms with Crippen LogP contribution >= 0.6 is 0 Å². The van der Waals surface area contributed by atoms with Crippen molar-refractivity contribution >= 4 is 28.7 Å². The van der Waals surface area contributed by atoms with Gasteiger partial charge in [-0.2, -0.15) is 0 Å². The van der Waals surface area contributed by atoms with Crippen LogP contribution in [0, 0.1) is 6.92 Å². The Balaban J connectivity index is 2.06. The molecular weight excluding hydrogens is 244 g/mol. The smallest absolute Gasteiger partial charge is 0.0708 e. The van der Waals surface area contributed by atoms with E-state index in [-0.39, 0.29) is 0 Å². The highest BCUT2D eigenvalue weighted by molar-refractivity contribution is 5.91. The van der Waals surface area contributed by atoms with Crippen LogP contribution in [0.3, 0.4) is 0 Å². The molecule has 0 unspecified atom stereocenters. The molecule has 0 radical (unpaired) electrons. The summed E-state index contributed by atoms with van der Waals surface area (Å²) in [6.07, 6.45) is 6.17. The van der Waals surface area contributed by atoms with Crippen LogP contribution in [-0.2, 0) is 0 Å². The third-order valence-electron chi connectivity index (χ3n) is 3.40. The van der Waals surface area contributed by atoms with Gasteiger partial charge in [-0.25, -0.2) is 0 Å². The van der Waals surface area contributed by atoms with Gasteiger partial charge >= 0.3 is 0 Å². The number of hydrogen-bond acceptors (Lipinski definition) is 2. The quantitative estimate of drug-likeness (QED) is 0.698. The van der Waals surface area contributed by atoms with Gasteiger partial charge in [0, 0.05) is 17.3 Å². The summed E-state index contributed by atoms with van der Waals surface area (Å²) >= 11 is 0. The van der Waals surface area contributed by atoms with Crippen LogP contribution in [0.2, 0.25) is 0 Å². The van der Waals surface area contributed by atoms with E-state index in [1.54, 1.807) is 0 Å². The van der Waals surface area contributed by atoms with E-state index in [9.17, 15) is 0 Å². The molecule has 2 N–H and O–H groups in total. The van der Waals surface area contributed by atoms with Gasteiger partial charge < -0.3 is 5.73 Å². The number of nitrogen functional groups attached to an aromatic ring is 1. The molecule has 3 rings (SSSR count). The molecule has 2 aromatic carbocycles. The molecule has 0 spiro atoms. The lowest BCUT2D eigenvalue weighted by atomic mass is 10.0. The van der Waals surface area contributed by atoms with Gasteiger partial charge in [0.05, 0.1) is 5.52 Å². The maximum atomic E-state index is 5.70. The minimum Gasteiger partial charge on any atom is -0.399 e. The van der Waals surface area contributed by atoms with E-state index in [1.807, 2.05) is 48.7 Å². The van der Waals surface area contributed by atoms with E-state index < -0.39 is 0 Å². The summed E-state index contributed by atoms with van der Waals surface area (Å²) in [4.78, 5) is 4.46. The highest BCUT2D eigenvalue weighted by Gasteiger charge is 2.02. The van der Waals surface area contributed by atoms with Crippen LogP contribution in [0.25, 0.3) is 23.1 Å². The molecule has 0 bridgehead atoms. The number of hydrogen-bond donors (Lipinski definition) is 1. The topological polar surface area (TPSA) is 38.9 Å². The summed E-state index contributed by atoms with van der Waals surface area (Å²) < 4.78 is 0. The van der Waals surface area contributed by atoms with E-state index in [4.69, 9.17) is 5.73 Å². The molecule has 0 aliphatic heterocycles. The summed E-state index contributed by atoms with van der Waals surface area (Å²) in [6, 6.07) is 16.1. The number of pyridine rings is 1. The first-order valence-corrected chi connectivity index (χ1v) is 6.62. The number of aromatic nitrogens is 1. The van der Waals surface area contributed by atoms with Crippen LogP contribution in [0.5, 0.6) is 0 Å². The molecule has 2 nitrogen and oxygen atoms in total. The van der Waals surface area contributed by atoms with Gasteiger partial charge in [-0.3, -0.25) is 4.98 Å².